The largest absolute Gasteiger partial charge is 0.398 e. The van der Waals surface area contributed by atoms with Crippen molar-refractivity contribution in [3.05, 3.63) is 64.7 Å². The van der Waals surface area contributed by atoms with Crippen LogP contribution in [0.4, 0.5) is 5.69 Å². The van der Waals surface area contributed by atoms with E-state index in [4.69, 9.17) is 22.1 Å². The molecule has 0 saturated carbocycles. The normalized spacial score (nSPS) is 10.4. The lowest BCUT2D eigenvalue weighted by molar-refractivity contribution is 0.107. The van der Waals surface area contributed by atoms with E-state index < -0.39 is 0 Å². The Hall–Kier alpha value is -1.51. The second-order valence-corrected chi connectivity index (χ2v) is 4.24. The first-order chi connectivity index (χ1) is 8.25. The van der Waals surface area contributed by atoms with Crippen LogP contribution in [-0.4, -0.2) is 0 Å². The highest BCUT2D eigenvalue weighted by atomic mass is 35.5. The van der Waals surface area contributed by atoms with Gasteiger partial charge >= 0.3 is 0 Å². The fraction of sp³-hybridized carbons (Fsp3) is 0.143. The Bertz CT molecular complexity index is 485. The van der Waals surface area contributed by atoms with Gasteiger partial charge in [-0.15, -0.1) is 0 Å². The quantitative estimate of drug-likeness (QED) is 0.838. The van der Waals surface area contributed by atoms with Gasteiger partial charge in [0.05, 0.1) is 23.9 Å². The van der Waals surface area contributed by atoms with Crippen LogP contribution in [0.3, 0.4) is 0 Å². The number of anilines is 1. The Labute approximate surface area is 106 Å². The van der Waals surface area contributed by atoms with Crippen molar-refractivity contribution in [2.75, 3.05) is 5.73 Å². The van der Waals surface area contributed by atoms with Crippen molar-refractivity contribution in [2.45, 2.75) is 13.2 Å². The maximum absolute atomic E-state index is 5.84. The van der Waals surface area contributed by atoms with Crippen LogP contribution in [0.2, 0.25) is 5.02 Å². The molecule has 2 nitrogen and oxygen atoms in total. The van der Waals surface area contributed by atoms with E-state index in [1.807, 2.05) is 42.5 Å². The molecule has 88 valence electrons. The summed E-state index contributed by atoms with van der Waals surface area (Å²) in [4.78, 5) is 0. The van der Waals surface area contributed by atoms with E-state index in [0.29, 0.717) is 23.9 Å². The molecule has 0 aliphatic heterocycles. The fourth-order valence-electron chi connectivity index (χ4n) is 1.54. The molecule has 0 radical (unpaired) electrons. The van der Waals surface area contributed by atoms with Crippen LogP contribution in [0.15, 0.2) is 48.5 Å². The molecule has 0 atom stereocenters. The zero-order valence-electron chi connectivity index (χ0n) is 9.40. The van der Waals surface area contributed by atoms with E-state index in [1.165, 1.54) is 0 Å². The smallest absolute Gasteiger partial charge is 0.0722 e. The van der Waals surface area contributed by atoms with E-state index in [9.17, 15) is 0 Å². The molecule has 0 aromatic heterocycles. The molecule has 2 aromatic carbocycles. The van der Waals surface area contributed by atoms with Crippen LogP contribution in [0, 0.1) is 0 Å². The SMILES string of the molecule is Nc1cc(COCc2ccccc2)ccc1Cl. The monoisotopic (exact) mass is 247 g/mol. The van der Waals surface area contributed by atoms with Gasteiger partial charge in [-0.25, -0.2) is 0 Å². The third kappa shape index (κ3) is 3.48. The number of benzene rings is 2. The molecule has 2 rings (SSSR count). The summed E-state index contributed by atoms with van der Waals surface area (Å²) in [6.45, 7) is 1.14. The zero-order valence-corrected chi connectivity index (χ0v) is 10.2. The molecular weight excluding hydrogens is 234 g/mol. The summed E-state index contributed by atoms with van der Waals surface area (Å²) in [5.74, 6) is 0. The van der Waals surface area contributed by atoms with Crippen LogP contribution in [0.1, 0.15) is 11.1 Å². The summed E-state index contributed by atoms with van der Waals surface area (Å²) in [5.41, 5.74) is 8.50. The maximum atomic E-state index is 5.84. The van der Waals surface area contributed by atoms with Gasteiger partial charge in [0.15, 0.2) is 0 Å². The summed E-state index contributed by atoms with van der Waals surface area (Å²) >= 11 is 5.84. The maximum Gasteiger partial charge on any atom is 0.0722 e. The Balaban J connectivity index is 1.88. The number of hydrogen-bond acceptors (Lipinski definition) is 2. The van der Waals surface area contributed by atoms with E-state index in [1.54, 1.807) is 6.07 Å². The lowest BCUT2D eigenvalue weighted by Crippen LogP contribution is -1.95. The number of hydrogen-bond donors (Lipinski definition) is 1. The summed E-state index contributed by atoms with van der Waals surface area (Å²) in [7, 11) is 0. The number of rotatable bonds is 4. The zero-order chi connectivity index (χ0) is 12.1. The molecule has 0 fully saturated rings. The Morgan fingerprint density at radius 3 is 2.35 bits per heavy atom. The summed E-state index contributed by atoms with van der Waals surface area (Å²) in [6.07, 6.45) is 0. The van der Waals surface area contributed by atoms with E-state index >= 15 is 0 Å². The van der Waals surface area contributed by atoms with Gasteiger partial charge in [0.25, 0.3) is 0 Å². The molecule has 0 aliphatic rings. The molecule has 0 aliphatic carbocycles. The number of nitrogens with two attached hydrogens (primary N) is 1. The predicted octanol–water partition coefficient (Wildman–Crippen LogP) is 3.64. The Morgan fingerprint density at radius 1 is 0.941 bits per heavy atom. The van der Waals surface area contributed by atoms with Crippen LogP contribution >= 0.6 is 11.6 Å². The standard InChI is InChI=1S/C14H14ClNO/c15-13-7-6-12(8-14(13)16)10-17-9-11-4-2-1-3-5-11/h1-8H,9-10,16H2. The summed E-state index contributed by atoms with van der Waals surface area (Å²) in [5, 5.41) is 0.580. The van der Waals surface area contributed by atoms with Crippen molar-refractivity contribution in [1.29, 1.82) is 0 Å². The molecule has 17 heavy (non-hydrogen) atoms. The minimum atomic E-state index is 0.538. The number of halogens is 1. The molecule has 2 aromatic rings. The van der Waals surface area contributed by atoms with Gasteiger partial charge in [-0.2, -0.15) is 0 Å². The Kier molecular flexibility index (Phi) is 4.02. The summed E-state index contributed by atoms with van der Waals surface area (Å²) in [6, 6.07) is 15.6. The van der Waals surface area contributed by atoms with Crippen molar-refractivity contribution < 1.29 is 4.74 Å². The van der Waals surface area contributed by atoms with Crippen molar-refractivity contribution in [2.24, 2.45) is 0 Å². The average molecular weight is 248 g/mol. The van der Waals surface area contributed by atoms with E-state index in [-0.39, 0.29) is 0 Å². The molecule has 0 heterocycles. The average Bonchev–Trinajstić information content (AvgIpc) is 2.35. The highest BCUT2D eigenvalue weighted by molar-refractivity contribution is 6.33. The lowest BCUT2D eigenvalue weighted by Gasteiger charge is -2.06. The first kappa shape index (κ1) is 12.0. The van der Waals surface area contributed by atoms with Gasteiger partial charge in [-0.3, -0.25) is 0 Å². The molecule has 0 spiro atoms. The molecule has 3 heteroatoms. The topological polar surface area (TPSA) is 35.2 Å². The molecule has 0 bridgehead atoms. The third-order valence-electron chi connectivity index (χ3n) is 2.44. The van der Waals surface area contributed by atoms with Crippen molar-refractivity contribution in [1.82, 2.24) is 0 Å². The number of nitrogen functional groups attached to an aromatic ring is 1. The van der Waals surface area contributed by atoms with Crippen molar-refractivity contribution in [3.63, 3.8) is 0 Å². The van der Waals surface area contributed by atoms with Crippen molar-refractivity contribution >= 4 is 17.3 Å². The van der Waals surface area contributed by atoms with Gasteiger partial charge in [-0.05, 0) is 23.3 Å². The highest BCUT2D eigenvalue weighted by Crippen LogP contribution is 2.20. The minimum Gasteiger partial charge on any atom is -0.398 e. The van der Waals surface area contributed by atoms with Crippen LogP contribution < -0.4 is 5.73 Å². The Morgan fingerprint density at radius 2 is 1.65 bits per heavy atom. The van der Waals surface area contributed by atoms with Crippen LogP contribution in [-0.2, 0) is 18.0 Å². The van der Waals surface area contributed by atoms with Crippen LogP contribution in [0.25, 0.3) is 0 Å². The lowest BCUT2D eigenvalue weighted by atomic mass is 10.2. The molecule has 0 saturated heterocycles. The second-order valence-electron chi connectivity index (χ2n) is 3.83. The molecule has 0 amide bonds. The number of ether oxygens (including phenoxy) is 1. The molecular formula is C14H14ClNO. The van der Waals surface area contributed by atoms with Gasteiger partial charge in [0.2, 0.25) is 0 Å². The van der Waals surface area contributed by atoms with Crippen molar-refractivity contribution in [3.8, 4) is 0 Å². The predicted molar refractivity (Wildman–Crippen MR) is 70.8 cm³/mol. The highest BCUT2D eigenvalue weighted by Gasteiger charge is 1.99. The van der Waals surface area contributed by atoms with Gasteiger partial charge in [-0.1, -0.05) is 48.0 Å². The third-order valence-corrected chi connectivity index (χ3v) is 2.78. The fourth-order valence-corrected chi connectivity index (χ4v) is 1.66. The van der Waals surface area contributed by atoms with Gasteiger partial charge in [0.1, 0.15) is 0 Å². The first-order valence-corrected chi connectivity index (χ1v) is 5.79. The molecule has 0 unspecified atom stereocenters. The molecule has 2 N–H and O–H groups in total. The van der Waals surface area contributed by atoms with E-state index in [2.05, 4.69) is 0 Å². The minimum absolute atomic E-state index is 0.538. The first-order valence-electron chi connectivity index (χ1n) is 5.41. The van der Waals surface area contributed by atoms with Gasteiger partial charge in [0, 0.05) is 0 Å². The van der Waals surface area contributed by atoms with Crippen LogP contribution in [0.5, 0.6) is 0 Å². The van der Waals surface area contributed by atoms with Gasteiger partial charge < -0.3 is 10.5 Å². The van der Waals surface area contributed by atoms with E-state index in [0.717, 1.165) is 11.1 Å². The summed E-state index contributed by atoms with van der Waals surface area (Å²) < 4.78 is 5.60. The second kappa shape index (κ2) is 5.71.